The lowest BCUT2D eigenvalue weighted by atomic mass is 9.87. The minimum absolute atomic E-state index is 0.00218. The predicted molar refractivity (Wildman–Crippen MR) is 371 cm³/mol. The van der Waals surface area contributed by atoms with Gasteiger partial charge in [0.1, 0.15) is 96.6 Å². The lowest BCUT2D eigenvalue weighted by Crippen LogP contribution is -2.52. The maximum atomic E-state index is 14.3. The molecule has 2 bridgehead atoms. The first-order chi connectivity index (χ1) is 48.2. The van der Waals surface area contributed by atoms with Crippen LogP contribution in [0.25, 0.3) is 33.5 Å². The van der Waals surface area contributed by atoms with Crippen LogP contribution in [0.1, 0.15) is 142 Å². The van der Waals surface area contributed by atoms with Crippen molar-refractivity contribution in [2.75, 3.05) is 76.3 Å². The van der Waals surface area contributed by atoms with E-state index in [1.165, 1.54) is 110 Å². The number of aliphatic hydroxyl groups excluding tert-OH is 2. The Kier molecular flexibility index (Phi) is 27.6. The number of esters is 1. The summed E-state index contributed by atoms with van der Waals surface area (Å²) in [6.07, 6.45) is 9.16. The van der Waals surface area contributed by atoms with E-state index in [4.69, 9.17) is 101 Å². The molecule has 4 aliphatic rings. The number of carbonyl (C=O) groups is 1. The van der Waals surface area contributed by atoms with Crippen molar-refractivity contribution in [2.24, 2.45) is 5.41 Å². The number of aliphatic hydroxyl groups is 2. The summed E-state index contributed by atoms with van der Waals surface area (Å²) in [5, 5.41) is 21.5. The van der Waals surface area contributed by atoms with E-state index in [0.717, 1.165) is 38.3 Å². The number of hydrogen-bond donors (Lipinski definition) is 9. The van der Waals surface area contributed by atoms with Crippen molar-refractivity contribution in [2.45, 2.75) is 197 Å². The van der Waals surface area contributed by atoms with Gasteiger partial charge in [0.2, 0.25) is 0 Å². The van der Waals surface area contributed by atoms with Crippen molar-refractivity contribution < 1.29 is 104 Å². The Balaban J connectivity index is 0.810. The number of anilines is 3. The smallest absolute Gasteiger partial charge is 0.464 e. The third-order valence-electron chi connectivity index (χ3n) is 17.8. The average Bonchev–Trinajstić information content (AvgIpc) is 1.58. The standard InChI is InChI=1S/C57H89N15O22P4S3/c1-5-6-7-8-9-10-11-12-13-14-15-16-17-18-19-56(2,3)55(75)84-24-25-101-96(78,79)94-45-44-54(72-34-69-39-48(60)63-31-66-51(39)72)91-57(45,20-22-83-44)28-88-98(81,100)92-42-40(74)35(89-52(42)70-32-67-37-46(58)61-29-64-49(37)70)26-87-97(80,99)93-43-41(82-4)36(27-86-95(76,77)85-23-21-73)90-53(43)71-33-68-38-47(59)62-30-65-50(38)71/h29-36,40-45,52-54,73-74H,5-28H2,1-4H3,(H,76,77)(H,78,79)(H,80,99)(H,81,100)(H2,58,61,64)(H2,59,62,65)(H2,60,63,66)/t35-,36-,40?,41?,42?,43?,44?,45?,52-,53-,54-,57+,97?,98?/m1/s1. The van der Waals surface area contributed by atoms with Crippen LogP contribution in [-0.4, -0.2) is 208 Å². The molecular weight excluding hydrogens is 1470 g/mol. The molecule has 44 heteroatoms. The zero-order valence-corrected chi connectivity index (χ0v) is 62.1. The number of phosphoric acid groups is 1. The normalized spacial score (nSPS) is 27.1. The third-order valence-corrected chi connectivity index (χ3v) is 24.8. The summed E-state index contributed by atoms with van der Waals surface area (Å²) in [6.45, 7) is -11.6. The molecule has 4 saturated heterocycles. The van der Waals surface area contributed by atoms with E-state index < -0.39 is 146 Å². The van der Waals surface area contributed by atoms with Gasteiger partial charge in [-0.1, -0.05) is 96.8 Å². The summed E-state index contributed by atoms with van der Waals surface area (Å²) in [5.74, 6) is -0.560. The number of nitrogens with two attached hydrogens (primary N) is 3. The molecule has 101 heavy (non-hydrogen) atoms. The Morgan fingerprint density at radius 3 is 1.69 bits per heavy atom. The lowest BCUT2D eigenvalue weighted by molar-refractivity contribution is -0.153. The van der Waals surface area contributed by atoms with Crippen LogP contribution in [-0.2, 0) is 97.6 Å². The van der Waals surface area contributed by atoms with Crippen molar-refractivity contribution in [3.05, 3.63) is 38.0 Å². The summed E-state index contributed by atoms with van der Waals surface area (Å²) < 4.78 is 109. The molecule has 0 radical (unpaired) electrons. The van der Waals surface area contributed by atoms with Crippen molar-refractivity contribution in [3.63, 3.8) is 0 Å². The van der Waals surface area contributed by atoms with Crippen LogP contribution in [0.15, 0.2) is 38.0 Å². The second kappa shape index (κ2) is 35.1. The van der Waals surface area contributed by atoms with E-state index in [2.05, 4.69) is 51.8 Å². The maximum Gasteiger partial charge on any atom is 0.472 e. The number of aromatic nitrogens is 12. The van der Waals surface area contributed by atoms with Gasteiger partial charge in [-0.3, -0.25) is 41.1 Å². The molecule has 6 aromatic heterocycles. The molecule has 0 spiro atoms. The number of imidazole rings is 3. The van der Waals surface area contributed by atoms with E-state index in [0.29, 0.717) is 17.8 Å². The molecule has 4 aliphatic heterocycles. The van der Waals surface area contributed by atoms with Gasteiger partial charge in [0.15, 0.2) is 53.1 Å². The summed E-state index contributed by atoms with van der Waals surface area (Å²) in [6, 6.07) is 0. The molecule has 37 nitrogen and oxygen atoms in total. The molecule has 0 aliphatic carbocycles. The molecule has 0 saturated carbocycles. The van der Waals surface area contributed by atoms with Gasteiger partial charge in [-0.05, 0) is 55.3 Å². The molecule has 10 rings (SSSR count). The quantitative estimate of drug-likeness (QED) is 0.0112. The van der Waals surface area contributed by atoms with Gasteiger partial charge in [-0.2, -0.15) is 0 Å². The number of nitrogens with zero attached hydrogens (tertiary/aromatic N) is 12. The lowest BCUT2D eigenvalue weighted by Gasteiger charge is -2.39. The van der Waals surface area contributed by atoms with Gasteiger partial charge in [0.05, 0.1) is 64.0 Å². The topological polar surface area (TPSA) is 501 Å². The van der Waals surface area contributed by atoms with Crippen LogP contribution in [0, 0.1) is 5.41 Å². The van der Waals surface area contributed by atoms with Gasteiger partial charge in [0.25, 0.3) is 0 Å². The SMILES string of the molecule is CCCCCCCCCCCCCCCCC(C)(C)C(=O)OCCSP(=O)(O)OC1C2OCC[C@@]1(COP(O)(=S)OC1C(O)[C@@H](COP(O)(=S)OC3C(OC)[C@@H](COP(=O)(O)OCCO)O[C@H]3n3cnc4c(N)ncnc43)O[C@H]1n1cnc3c(N)ncnc31)O[C@H]2n1cnc2c(N)ncnc21. The number of fused-ring (bicyclic) bond motifs is 5. The number of hydrogen-bond acceptors (Lipinski definition) is 33. The van der Waals surface area contributed by atoms with E-state index >= 15 is 0 Å². The number of ether oxygens (including phenoxy) is 6. The second-order valence-electron chi connectivity index (χ2n) is 25.4. The average molecular weight is 1560 g/mol. The highest BCUT2D eigenvalue weighted by Crippen LogP contribution is 2.62. The molecule has 16 atom stereocenters. The zero-order valence-electron chi connectivity index (χ0n) is 56.1. The van der Waals surface area contributed by atoms with Crippen molar-refractivity contribution in [1.82, 2.24) is 58.6 Å². The monoisotopic (exact) mass is 1560 g/mol. The first kappa shape index (κ1) is 79.5. The fraction of sp³-hybridized carbons (Fsp3) is 0.719. The van der Waals surface area contributed by atoms with Gasteiger partial charge in [-0.15, -0.1) is 0 Å². The Labute approximate surface area is 595 Å². The molecule has 0 aromatic carbocycles. The van der Waals surface area contributed by atoms with Gasteiger partial charge >= 0.3 is 34.0 Å². The molecule has 12 N–H and O–H groups in total. The highest BCUT2D eigenvalue weighted by Gasteiger charge is 2.63. The number of nitrogen functional groups attached to an aromatic ring is 3. The molecule has 10 heterocycles. The van der Waals surface area contributed by atoms with Crippen LogP contribution < -0.4 is 17.2 Å². The molecule has 6 aromatic rings. The number of methoxy groups -OCH3 is 1. The van der Waals surface area contributed by atoms with E-state index in [9.17, 15) is 43.7 Å². The molecule has 0 amide bonds. The first-order valence-corrected chi connectivity index (χ1v) is 43.0. The highest BCUT2D eigenvalue weighted by molar-refractivity contribution is 8.54. The Morgan fingerprint density at radius 2 is 1.15 bits per heavy atom. The van der Waals surface area contributed by atoms with Crippen LogP contribution in [0.2, 0.25) is 0 Å². The van der Waals surface area contributed by atoms with E-state index in [1.54, 1.807) is 0 Å². The summed E-state index contributed by atoms with van der Waals surface area (Å²) in [5.41, 5.74) is 16.7. The van der Waals surface area contributed by atoms with Crippen molar-refractivity contribution in [3.8, 4) is 0 Å². The molecule has 4 fully saturated rings. The van der Waals surface area contributed by atoms with Crippen LogP contribution in [0.4, 0.5) is 17.5 Å². The molecule has 562 valence electrons. The summed E-state index contributed by atoms with van der Waals surface area (Å²) in [4.78, 5) is 97.5. The van der Waals surface area contributed by atoms with Crippen molar-refractivity contribution in [1.29, 1.82) is 0 Å². The summed E-state index contributed by atoms with van der Waals surface area (Å²) in [7, 11) is -3.51. The zero-order chi connectivity index (χ0) is 72.3. The Morgan fingerprint density at radius 1 is 0.653 bits per heavy atom. The Bertz CT molecular complexity index is 3950. The minimum atomic E-state index is -4.76. The second-order valence-corrected chi connectivity index (χ2v) is 36.4. The Hall–Kier alpha value is -4.09. The van der Waals surface area contributed by atoms with Gasteiger partial charge < -0.3 is 84.5 Å². The van der Waals surface area contributed by atoms with Gasteiger partial charge in [-0.25, -0.2) is 54.0 Å². The molecule has 10 unspecified atom stereocenters. The molecular formula is C57H89N15O22P4S3. The highest BCUT2D eigenvalue weighted by atomic mass is 32.7. The first-order valence-electron chi connectivity index (χ1n) is 33.2. The largest absolute Gasteiger partial charge is 0.472 e. The van der Waals surface area contributed by atoms with Crippen LogP contribution in [0.5, 0.6) is 0 Å². The number of carbonyl (C=O) groups excluding carboxylic acids is 1. The number of phosphoric ester groups is 1. The van der Waals surface area contributed by atoms with E-state index in [-0.39, 0.29) is 76.3 Å². The van der Waals surface area contributed by atoms with Crippen LogP contribution in [0.3, 0.4) is 0 Å². The van der Waals surface area contributed by atoms with E-state index in [1.807, 2.05) is 13.8 Å². The van der Waals surface area contributed by atoms with Gasteiger partial charge in [0, 0.05) is 19.3 Å². The fourth-order valence-electron chi connectivity index (χ4n) is 12.6. The maximum absolute atomic E-state index is 14.3. The van der Waals surface area contributed by atoms with Crippen LogP contribution >= 0.6 is 39.4 Å². The number of rotatable bonds is 42. The summed E-state index contributed by atoms with van der Waals surface area (Å²) >= 11 is 11.8. The van der Waals surface area contributed by atoms with Crippen molar-refractivity contribution >= 4 is 120 Å². The number of unbranched alkanes of at least 4 members (excludes halogenated alkanes) is 13. The minimum Gasteiger partial charge on any atom is -0.464 e. The third kappa shape index (κ3) is 19.8. The predicted octanol–water partition coefficient (Wildman–Crippen LogP) is 6.50. The fourth-order valence-corrected chi connectivity index (χ4v) is 18.5.